The summed E-state index contributed by atoms with van der Waals surface area (Å²) in [5.74, 6) is -1.59. The van der Waals surface area contributed by atoms with Crippen molar-refractivity contribution in [3.63, 3.8) is 0 Å². The van der Waals surface area contributed by atoms with E-state index in [2.05, 4.69) is 4.72 Å². The highest BCUT2D eigenvalue weighted by molar-refractivity contribution is 7.89. The first kappa shape index (κ1) is 16.4. The van der Waals surface area contributed by atoms with E-state index < -0.39 is 27.9 Å². The number of hydrogen-bond acceptors (Lipinski definition) is 4. The fourth-order valence-electron chi connectivity index (χ4n) is 1.81. The van der Waals surface area contributed by atoms with Crippen molar-refractivity contribution in [1.29, 1.82) is 0 Å². The van der Waals surface area contributed by atoms with Gasteiger partial charge < -0.3 is 10.0 Å². The number of likely N-dealkylation sites (N-methyl/N-ethyl adjacent to an activating group) is 1. The van der Waals surface area contributed by atoms with Crippen molar-refractivity contribution in [2.24, 2.45) is 0 Å². The topological polar surface area (TPSA) is 104 Å². The minimum atomic E-state index is -3.56. The van der Waals surface area contributed by atoms with Crippen LogP contribution in [0.25, 0.3) is 0 Å². The Balaban J connectivity index is 2.14. The Morgan fingerprint density at radius 2 is 1.82 bits per heavy atom. The van der Waals surface area contributed by atoms with E-state index in [9.17, 15) is 18.0 Å². The lowest BCUT2D eigenvalue weighted by Gasteiger charge is -2.21. The lowest BCUT2D eigenvalue weighted by Crippen LogP contribution is -2.40. The summed E-state index contributed by atoms with van der Waals surface area (Å²) in [5.41, 5.74) is 0.237. The molecule has 120 valence electrons. The number of nitrogens with one attached hydrogen (secondary N) is 1. The van der Waals surface area contributed by atoms with Crippen LogP contribution in [0.2, 0.25) is 0 Å². The van der Waals surface area contributed by atoms with Crippen molar-refractivity contribution in [2.45, 2.75) is 36.7 Å². The summed E-state index contributed by atoms with van der Waals surface area (Å²) in [4.78, 5) is 24.2. The SMILES string of the molecule is CC(C(=O)O)N(C)C(=O)c1ccc(S(=O)(=O)NC2CC2)cc1. The Morgan fingerprint density at radius 3 is 2.27 bits per heavy atom. The third-order valence-electron chi connectivity index (χ3n) is 3.57. The van der Waals surface area contributed by atoms with E-state index in [0.29, 0.717) is 0 Å². The molecule has 2 N–H and O–H groups in total. The fraction of sp³-hybridized carbons (Fsp3) is 0.429. The van der Waals surface area contributed by atoms with Crippen molar-refractivity contribution in [2.75, 3.05) is 7.05 Å². The van der Waals surface area contributed by atoms with Gasteiger partial charge in [0.25, 0.3) is 5.91 Å². The number of amides is 1. The van der Waals surface area contributed by atoms with Crippen LogP contribution in [-0.4, -0.2) is 49.4 Å². The molecule has 0 radical (unpaired) electrons. The zero-order valence-corrected chi connectivity index (χ0v) is 13.1. The van der Waals surface area contributed by atoms with Crippen molar-refractivity contribution in [1.82, 2.24) is 9.62 Å². The molecule has 7 nitrogen and oxygen atoms in total. The van der Waals surface area contributed by atoms with Gasteiger partial charge in [-0.2, -0.15) is 0 Å². The zero-order valence-electron chi connectivity index (χ0n) is 12.3. The molecule has 0 heterocycles. The van der Waals surface area contributed by atoms with Gasteiger partial charge in [0.2, 0.25) is 10.0 Å². The van der Waals surface area contributed by atoms with E-state index in [1.165, 1.54) is 38.2 Å². The highest BCUT2D eigenvalue weighted by Gasteiger charge is 2.28. The largest absolute Gasteiger partial charge is 0.480 e. The van der Waals surface area contributed by atoms with Gasteiger partial charge in [-0.15, -0.1) is 0 Å². The first-order valence-electron chi connectivity index (χ1n) is 6.85. The molecule has 8 heteroatoms. The number of carbonyl (C=O) groups is 2. The number of benzene rings is 1. The number of aliphatic carboxylic acids is 1. The zero-order chi connectivity index (χ0) is 16.5. The quantitative estimate of drug-likeness (QED) is 0.800. The van der Waals surface area contributed by atoms with Crippen LogP contribution in [-0.2, 0) is 14.8 Å². The van der Waals surface area contributed by atoms with Crippen LogP contribution >= 0.6 is 0 Å². The number of rotatable bonds is 6. The van der Waals surface area contributed by atoms with Crippen LogP contribution in [0.15, 0.2) is 29.2 Å². The third kappa shape index (κ3) is 3.63. The highest BCUT2D eigenvalue weighted by atomic mass is 32.2. The van der Waals surface area contributed by atoms with Crippen LogP contribution in [0.4, 0.5) is 0 Å². The van der Waals surface area contributed by atoms with Gasteiger partial charge in [-0.05, 0) is 44.0 Å². The van der Waals surface area contributed by atoms with Crippen LogP contribution in [0, 0.1) is 0 Å². The van der Waals surface area contributed by atoms with Gasteiger partial charge in [-0.3, -0.25) is 4.79 Å². The molecular formula is C14H18N2O5S. The summed E-state index contributed by atoms with van der Waals surface area (Å²) in [6, 6.07) is 4.50. The van der Waals surface area contributed by atoms with Crippen LogP contribution in [0.3, 0.4) is 0 Å². The Morgan fingerprint density at radius 1 is 1.27 bits per heavy atom. The molecule has 1 aromatic rings. The van der Waals surface area contributed by atoms with E-state index in [0.717, 1.165) is 17.7 Å². The van der Waals surface area contributed by atoms with Crippen LogP contribution < -0.4 is 4.72 Å². The molecule has 1 saturated carbocycles. The maximum absolute atomic E-state index is 12.1. The molecule has 1 fully saturated rings. The van der Waals surface area contributed by atoms with Crippen molar-refractivity contribution in [3.8, 4) is 0 Å². The standard InChI is InChI=1S/C14H18N2O5S/c1-9(14(18)19)16(2)13(17)10-3-7-12(8-4-10)22(20,21)15-11-5-6-11/h3-4,7-9,11,15H,5-6H2,1-2H3,(H,18,19). The highest BCUT2D eigenvalue weighted by Crippen LogP contribution is 2.22. The third-order valence-corrected chi connectivity index (χ3v) is 5.11. The molecule has 0 aliphatic heterocycles. The first-order valence-corrected chi connectivity index (χ1v) is 8.33. The monoisotopic (exact) mass is 326 g/mol. The average Bonchev–Trinajstić information content (AvgIpc) is 3.28. The van der Waals surface area contributed by atoms with Gasteiger partial charge in [0.05, 0.1) is 4.90 Å². The number of nitrogens with zero attached hydrogens (tertiary/aromatic N) is 1. The van der Waals surface area contributed by atoms with Gasteiger partial charge in [-0.25, -0.2) is 17.9 Å². The summed E-state index contributed by atoms with van der Waals surface area (Å²) in [5, 5.41) is 8.91. The Hall–Kier alpha value is -1.93. The Labute approximate surface area is 129 Å². The molecule has 1 aliphatic rings. The second kappa shape index (κ2) is 6.05. The van der Waals surface area contributed by atoms with Gasteiger partial charge in [-0.1, -0.05) is 0 Å². The molecule has 2 rings (SSSR count). The normalized spacial score (nSPS) is 16.1. The molecule has 22 heavy (non-hydrogen) atoms. The molecule has 1 atom stereocenters. The van der Waals surface area contributed by atoms with E-state index in [1.807, 2.05) is 0 Å². The van der Waals surface area contributed by atoms with Crippen LogP contribution in [0.1, 0.15) is 30.1 Å². The van der Waals surface area contributed by atoms with Crippen LogP contribution in [0.5, 0.6) is 0 Å². The predicted molar refractivity (Wildman–Crippen MR) is 79.0 cm³/mol. The maximum atomic E-state index is 12.1. The van der Waals surface area contributed by atoms with E-state index >= 15 is 0 Å². The molecule has 1 amide bonds. The number of hydrogen-bond donors (Lipinski definition) is 2. The van der Waals surface area contributed by atoms with E-state index in [4.69, 9.17) is 5.11 Å². The number of sulfonamides is 1. The maximum Gasteiger partial charge on any atom is 0.326 e. The van der Waals surface area contributed by atoms with E-state index in [1.54, 1.807) is 0 Å². The van der Waals surface area contributed by atoms with Gasteiger partial charge in [0, 0.05) is 18.7 Å². The smallest absolute Gasteiger partial charge is 0.326 e. The minimum absolute atomic E-state index is 0.00820. The Kier molecular flexibility index (Phi) is 4.52. The molecular weight excluding hydrogens is 308 g/mol. The van der Waals surface area contributed by atoms with Crippen molar-refractivity contribution in [3.05, 3.63) is 29.8 Å². The minimum Gasteiger partial charge on any atom is -0.480 e. The molecule has 0 bridgehead atoms. The second-order valence-electron chi connectivity index (χ2n) is 5.35. The second-order valence-corrected chi connectivity index (χ2v) is 7.06. The summed E-state index contributed by atoms with van der Waals surface area (Å²) < 4.78 is 26.6. The Bertz CT molecular complexity index is 680. The molecule has 1 aliphatic carbocycles. The molecule has 0 spiro atoms. The summed E-state index contributed by atoms with van der Waals surface area (Å²) in [6.07, 6.45) is 1.68. The summed E-state index contributed by atoms with van der Waals surface area (Å²) in [6.45, 7) is 1.40. The van der Waals surface area contributed by atoms with Crippen molar-refractivity contribution >= 4 is 21.9 Å². The number of carboxylic acid groups (broad SMARTS) is 1. The fourth-order valence-corrected chi connectivity index (χ4v) is 3.12. The van der Waals surface area contributed by atoms with Gasteiger partial charge in [0.1, 0.15) is 6.04 Å². The van der Waals surface area contributed by atoms with E-state index in [-0.39, 0.29) is 16.5 Å². The molecule has 0 saturated heterocycles. The molecule has 1 unspecified atom stereocenters. The predicted octanol–water partition coefficient (Wildman–Crippen LogP) is 0.672. The molecule has 1 aromatic carbocycles. The summed E-state index contributed by atoms with van der Waals surface area (Å²) >= 11 is 0. The summed E-state index contributed by atoms with van der Waals surface area (Å²) in [7, 11) is -2.17. The number of carboxylic acids is 1. The average molecular weight is 326 g/mol. The number of carbonyl (C=O) groups excluding carboxylic acids is 1. The van der Waals surface area contributed by atoms with Gasteiger partial charge >= 0.3 is 5.97 Å². The molecule has 0 aromatic heterocycles. The van der Waals surface area contributed by atoms with Gasteiger partial charge in [0.15, 0.2) is 0 Å². The lowest BCUT2D eigenvalue weighted by atomic mass is 10.2. The lowest BCUT2D eigenvalue weighted by molar-refractivity contribution is -0.141. The first-order chi connectivity index (χ1) is 10.2. The van der Waals surface area contributed by atoms with Crippen molar-refractivity contribution < 1.29 is 23.1 Å².